The van der Waals surface area contributed by atoms with E-state index in [1.54, 1.807) is 12.1 Å². The number of carbonyl (C=O) groups excluding carboxylic acids is 3. The fourth-order valence-corrected chi connectivity index (χ4v) is 3.68. The number of nitriles is 1. The first kappa shape index (κ1) is 24.4. The van der Waals surface area contributed by atoms with Gasteiger partial charge in [0.2, 0.25) is 0 Å². The maximum Gasteiger partial charge on any atom is 0.313 e. The van der Waals surface area contributed by atoms with Crippen LogP contribution in [0.5, 0.6) is 0 Å². The molecule has 0 radical (unpaired) electrons. The lowest BCUT2D eigenvalue weighted by Crippen LogP contribution is -2.36. The highest BCUT2D eigenvalue weighted by Crippen LogP contribution is 2.25. The number of nitrogens with one attached hydrogen (secondary N) is 3. The lowest BCUT2D eigenvalue weighted by atomic mass is 9.95. The number of anilines is 1. The third-order valence-electron chi connectivity index (χ3n) is 5.08. The van der Waals surface area contributed by atoms with Crippen LogP contribution in [0.3, 0.4) is 0 Å². The van der Waals surface area contributed by atoms with E-state index >= 15 is 0 Å². The monoisotopic (exact) mass is 488 g/mol. The van der Waals surface area contributed by atoms with Gasteiger partial charge in [-0.3, -0.25) is 14.4 Å². The second-order valence-electron chi connectivity index (χ2n) is 7.55. The summed E-state index contributed by atoms with van der Waals surface area (Å²) in [4.78, 5) is 36.5. The number of rotatable bonds is 6. The Kier molecular flexibility index (Phi) is 8.52. The van der Waals surface area contributed by atoms with Gasteiger partial charge in [0.15, 0.2) is 0 Å². The first-order chi connectivity index (χ1) is 15.9. The molecule has 1 heterocycles. The summed E-state index contributed by atoms with van der Waals surface area (Å²) in [6, 6.07) is 9.57. The number of carbonyl (C=O) groups is 3. The molecule has 8 nitrogen and oxygen atoms in total. The molecule has 1 aromatic carbocycles. The Morgan fingerprint density at radius 1 is 1.03 bits per heavy atom. The number of halogens is 2. The van der Waals surface area contributed by atoms with E-state index in [1.807, 2.05) is 6.07 Å². The standard InChI is InChI=1S/C23H22Cl2N4O4/c24-19-9-6-16(11-20(19)25)29-23(32)22(31)27-13-18-8-7-17(33-18)10-14(12-26)21(30)28-15-4-2-1-3-5-15/h6-11,15H,1-5,13H2,(H,27,31)(H,28,30)(H,29,32)/b14-10-. The first-order valence-electron chi connectivity index (χ1n) is 10.4. The van der Waals surface area contributed by atoms with Crippen LogP contribution in [0, 0.1) is 11.3 Å². The third-order valence-corrected chi connectivity index (χ3v) is 5.82. The lowest BCUT2D eigenvalue weighted by Gasteiger charge is -2.22. The van der Waals surface area contributed by atoms with Crippen molar-refractivity contribution in [3.63, 3.8) is 0 Å². The normalized spacial score (nSPS) is 14.3. The fraction of sp³-hybridized carbons (Fsp3) is 0.304. The predicted octanol–water partition coefficient (Wildman–Crippen LogP) is 4.20. The van der Waals surface area contributed by atoms with Gasteiger partial charge in [-0.25, -0.2) is 0 Å². The van der Waals surface area contributed by atoms with E-state index in [9.17, 15) is 19.6 Å². The molecule has 0 bridgehead atoms. The molecule has 33 heavy (non-hydrogen) atoms. The van der Waals surface area contributed by atoms with E-state index in [4.69, 9.17) is 27.6 Å². The molecule has 1 saturated carbocycles. The van der Waals surface area contributed by atoms with Crippen molar-refractivity contribution in [1.82, 2.24) is 10.6 Å². The molecule has 3 N–H and O–H groups in total. The molecule has 3 rings (SSSR count). The molecule has 10 heteroatoms. The SMILES string of the molecule is N#C/C(=C/c1ccc(CNC(=O)C(=O)Nc2ccc(Cl)c(Cl)c2)o1)C(=O)NC1CCCCC1. The molecule has 0 saturated heterocycles. The van der Waals surface area contributed by atoms with Gasteiger partial charge in [0.1, 0.15) is 23.2 Å². The molecule has 2 aromatic rings. The summed E-state index contributed by atoms with van der Waals surface area (Å²) in [6.07, 6.45) is 6.46. The minimum atomic E-state index is -0.883. The Morgan fingerprint density at radius 2 is 1.79 bits per heavy atom. The number of furan rings is 1. The van der Waals surface area contributed by atoms with Gasteiger partial charge in [-0.05, 0) is 43.2 Å². The average molecular weight is 489 g/mol. The van der Waals surface area contributed by atoms with Crippen LogP contribution in [0.2, 0.25) is 10.0 Å². The number of hydrogen-bond donors (Lipinski definition) is 3. The Bertz CT molecular complexity index is 1110. The largest absolute Gasteiger partial charge is 0.460 e. The molecule has 1 fully saturated rings. The molecule has 0 unspecified atom stereocenters. The van der Waals surface area contributed by atoms with Gasteiger partial charge in [-0.15, -0.1) is 0 Å². The van der Waals surface area contributed by atoms with Crippen LogP contribution < -0.4 is 16.0 Å². The molecule has 1 aliphatic rings. The molecule has 3 amide bonds. The summed E-state index contributed by atoms with van der Waals surface area (Å²) in [6.45, 7) is -0.0579. The highest BCUT2D eigenvalue weighted by molar-refractivity contribution is 6.42. The molecule has 0 spiro atoms. The van der Waals surface area contributed by atoms with Crippen molar-refractivity contribution in [2.24, 2.45) is 0 Å². The van der Waals surface area contributed by atoms with Crippen LogP contribution >= 0.6 is 23.2 Å². The summed E-state index contributed by atoms with van der Waals surface area (Å²) in [5.74, 6) is -1.56. The number of hydrogen-bond acceptors (Lipinski definition) is 5. The van der Waals surface area contributed by atoms with Gasteiger partial charge in [0.25, 0.3) is 5.91 Å². The van der Waals surface area contributed by atoms with E-state index in [0.29, 0.717) is 16.5 Å². The maximum absolute atomic E-state index is 12.4. The van der Waals surface area contributed by atoms with Crippen LogP contribution in [-0.2, 0) is 20.9 Å². The van der Waals surface area contributed by atoms with Gasteiger partial charge in [-0.2, -0.15) is 5.26 Å². The number of amides is 3. The van der Waals surface area contributed by atoms with Crippen molar-refractivity contribution >= 4 is 52.7 Å². The summed E-state index contributed by atoms with van der Waals surface area (Å²) >= 11 is 11.7. The zero-order valence-corrected chi connectivity index (χ0v) is 19.1. The van der Waals surface area contributed by atoms with Crippen molar-refractivity contribution in [3.05, 3.63) is 57.5 Å². The topological polar surface area (TPSA) is 124 Å². The Labute approximate surface area is 200 Å². The quantitative estimate of drug-likeness (QED) is 0.319. The number of nitrogens with zero attached hydrogens (tertiary/aromatic N) is 1. The minimum absolute atomic E-state index is 0.0579. The van der Waals surface area contributed by atoms with Crippen LogP contribution in [0.4, 0.5) is 5.69 Å². The van der Waals surface area contributed by atoms with E-state index in [1.165, 1.54) is 24.3 Å². The zero-order valence-electron chi connectivity index (χ0n) is 17.6. The van der Waals surface area contributed by atoms with E-state index in [0.717, 1.165) is 32.1 Å². The molecule has 1 aromatic heterocycles. The molecular weight excluding hydrogens is 467 g/mol. The highest BCUT2D eigenvalue weighted by atomic mass is 35.5. The first-order valence-corrected chi connectivity index (χ1v) is 11.2. The summed E-state index contributed by atoms with van der Waals surface area (Å²) in [7, 11) is 0. The van der Waals surface area contributed by atoms with E-state index in [2.05, 4.69) is 16.0 Å². The second kappa shape index (κ2) is 11.5. The van der Waals surface area contributed by atoms with Gasteiger partial charge in [0.05, 0.1) is 16.6 Å². The van der Waals surface area contributed by atoms with Gasteiger partial charge in [-0.1, -0.05) is 42.5 Å². The van der Waals surface area contributed by atoms with Crippen LogP contribution in [0.1, 0.15) is 43.6 Å². The summed E-state index contributed by atoms with van der Waals surface area (Å²) in [5, 5.41) is 17.7. The van der Waals surface area contributed by atoms with Crippen molar-refractivity contribution < 1.29 is 18.8 Å². The van der Waals surface area contributed by atoms with Gasteiger partial charge < -0.3 is 20.4 Å². The van der Waals surface area contributed by atoms with E-state index < -0.39 is 17.7 Å². The van der Waals surface area contributed by atoms with Crippen molar-refractivity contribution in [3.8, 4) is 6.07 Å². The van der Waals surface area contributed by atoms with Crippen molar-refractivity contribution in [2.75, 3.05) is 5.32 Å². The molecule has 1 aliphatic carbocycles. The summed E-state index contributed by atoms with van der Waals surface area (Å²) < 4.78 is 5.55. The maximum atomic E-state index is 12.4. The highest BCUT2D eigenvalue weighted by Gasteiger charge is 2.19. The smallest absolute Gasteiger partial charge is 0.313 e. The Morgan fingerprint density at radius 3 is 2.48 bits per heavy atom. The Balaban J connectivity index is 1.53. The molecule has 0 atom stereocenters. The molecule has 172 valence electrons. The van der Waals surface area contributed by atoms with E-state index in [-0.39, 0.29) is 28.9 Å². The molecular formula is C23H22Cl2N4O4. The van der Waals surface area contributed by atoms with Crippen molar-refractivity contribution in [1.29, 1.82) is 5.26 Å². The fourth-order valence-electron chi connectivity index (χ4n) is 3.38. The zero-order chi connectivity index (χ0) is 23.8. The minimum Gasteiger partial charge on any atom is -0.460 e. The van der Waals surface area contributed by atoms with Crippen LogP contribution in [-0.4, -0.2) is 23.8 Å². The third kappa shape index (κ3) is 7.11. The Hall–Kier alpha value is -3.28. The van der Waals surface area contributed by atoms with Crippen molar-refractivity contribution in [2.45, 2.75) is 44.7 Å². The average Bonchev–Trinajstić information content (AvgIpc) is 3.26. The lowest BCUT2D eigenvalue weighted by molar-refractivity contribution is -0.136. The van der Waals surface area contributed by atoms with Gasteiger partial charge in [0, 0.05) is 17.8 Å². The second-order valence-corrected chi connectivity index (χ2v) is 8.36. The van der Waals surface area contributed by atoms with Gasteiger partial charge >= 0.3 is 11.8 Å². The summed E-state index contributed by atoms with van der Waals surface area (Å²) in [5.41, 5.74) is 0.261. The molecule has 0 aliphatic heterocycles. The van der Waals surface area contributed by atoms with Crippen LogP contribution in [0.15, 0.2) is 40.3 Å². The predicted molar refractivity (Wildman–Crippen MR) is 124 cm³/mol. The number of benzene rings is 1. The van der Waals surface area contributed by atoms with Crippen LogP contribution in [0.25, 0.3) is 6.08 Å².